The molecule has 2 aromatic carbocycles. The Balaban J connectivity index is 2.42. The van der Waals surface area contributed by atoms with Gasteiger partial charge in [0.1, 0.15) is 0 Å². The van der Waals surface area contributed by atoms with Crippen LogP contribution in [-0.4, -0.2) is 16.8 Å². The normalized spacial score (nSPS) is 12.1. The van der Waals surface area contributed by atoms with Crippen molar-refractivity contribution in [3.8, 4) is 0 Å². The van der Waals surface area contributed by atoms with E-state index < -0.39 is 20.0 Å². The third-order valence-corrected chi connectivity index (χ3v) is 5.25. The fourth-order valence-corrected chi connectivity index (χ4v) is 3.66. The summed E-state index contributed by atoms with van der Waals surface area (Å²) in [6.07, 6.45) is 0. The largest absolute Gasteiger partial charge is 0.280 e. The third-order valence-electron chi connectivity index (χ3n) is 2.80. The molecule has 0 atom stereocenters. The molecule has 6 nitrogen and oxygen atoms in total. The van der Waals surface area contributed by atoms with Gasteiger partial charge < -0.3 is 0 Å². The van der Waals surface area contributed by atoms with Crippen LogP contribution in [0.25, 0.3) is 0 Å². The number of sulfonamides is 2. The molecule has 8 heteroatoms. The molecule has 0 aliphatic carbocycles. The van der Waals surface area contributed by atoms with E-state index in [9.17, 15) is 16.8 Å². The lowest BCUT2D eigenvalue weighted by molar-refractivity contribution is 0.596. The lowest BCUT2D eigenvalue weighted by Gasteiger charge is -2.10. The highest BCUT2D eigenvalue weighted by atomic mass is 32.2. The second kappa shape index (κ2) is 5.47. The molecule has 0 aromatic heterocycles. The Morgan fingerprint density at radius 2 is 1.57 bits per heavy atom. The minimum Gasteiger partial charge on any atom is -0.280 e. The maximum Gasteiger partial charge on any atom is 0.261 e. The average Bonchev–Trinajstić information content (AvgIpc) is 2.40. The molecule has 0 heterocycles. The molecule has 2 rings (SSSR count). The van der Waals surface area contributed by atoms with E-state index in [2.05, 4.69) is 4.72 Å². The monoisotopic (exact) mass is 326 g/mol. The zero-order valence-corrected chi connectivity index (χ0v) is 12.8. The zero-order valence-electron chi connectivity index (χ0n) is 11.1. The predicted octanol–water partition coefficient (Wildman–Crippen LogP) is 1.44. The molecule has 0 fully saturated rings. The van der Waals surface area contributed by atoms with Gasteiger partial charge in [0.25, 0.3) is 10.0 Å². The minimum absolute atomic E-state index is 0.0859. The van der Waals surface area contributed by atoms with Crippen LogP contribution < -0.4 is 9.86 Å². The standard InChI is InChI=1S/C13H14N2O4S2/c1-10-7-8-11(9-13(10)20(14,16)17)15-21(18,19)12-5-3-2-4-6-12/h2-9,15H,1H3,(H2,14,16,17). The second-order valence-corrected chi connectivity index (χ2v) is 7.66. The first-order chi connectivity index (χ1) is 9.70. The van der Waals surface area contributed by atoms with Crippen molar-refractivity contribution in [2.45, 2.75) is 16.7 Å². The highest BCUT2D eigenvalue weighted by molar-refractivity contribution is 7.92. The van der Waals surface area contributed by atoms with Crippen molar-refractivity contribution < 1.29 is 16.8 Å². The SMILES string of the molecule is Cc1ccc(NS(=O)(=O)c2ccccc2)cc1S(N)(=O)=O. The highest BCUT2D eigenvalue weighted by Crippen LogP contribution is 2.21. The molecule has 0 saturated heterocycles. The Morgan fingerprint density at radius 3 is 2.14 bits per heavy atom. The Morgan fingerprint density at radius 1 is 0.952 bits per heavy atom. The van der Waals surface area contributed by atoms with E-state index >= 15 is 0 Å². The van der Waals surface area contributed by atoms with Crippen LogP contribution in [0.4, 0.5) is 5.69 Å². The predicted molar refractivity (Wildman–Crippen MR) is 79.8 cm³/mol. The number of hydrogen-bond acceptors (Lipinski definition) is 4. The van der Waals surface area contributed by atoms with Gasteiger partial charge >= 0.3 is 0 Å². The lowest BCUT2D eigenvalue weighted by atomic mass is 10.2. The van der Waals surface area contributed by atoms with Crippen LogP contribution in [0.15, 0.2) is 58.3 Å². The van der Waals surface area contributed by atoms with E-state index in [4.69, 9.17) is 5.14 Å². The van der Waals surface area contributed by atoms with E-state index in [1.807, 2.05) is 0 Å². The average molecular weight is 326 g/mol. The fourth-order valence-electron chi connectivity index (χ4n) is 1.78. The van der Waals surface area contributed by atoms with Gasteiger partial charge in [0, 0.05) is 0 Å². The zero-order chi connectivity index (χ0) is 15.7. The van der Waals surface area contributed by atoms with Crippen molar-refractivity contribution in [2.24, 2.45) is 5.14 Å². The molecule has 0 unspecified atom stereocenters. The van der Waals surface area contributed by atoms with Crippen LogP contribution in [0.2, 0.25) is 0 Å². The number of nitrogens with two attached hydrogens (primary N) is 1. The van der Waals surface area contributed by atoms with Crippen LogP contribution in [0.3, 0.4) is 0 Å². The highest BCUT2D eigenvalue weighted by Gasteiger charge is 2.16. The Kier molecular flexibility index (Phi) is 4.04. The van der Waals surface area contributed by atoms with Crippen molar-refractivity contribution in [1.82, 2.24) is 0 Å². The molecule has 0 bridgehead atoms. The van der Waals surface area contributed by atoms with E-state index in [1.54, 1.807) is 25.1 Å². The molecule has 0 aliphatic rings. The molecule has 3 N–H and O–H groups in total. The molecule has 0 radical (unpaired) electrons. The van der Waals surface area contributed by atoms with Crippen molar-refractivity contribution in [2.75, 3.05) is 4.72 Å². The number of aryl methyl sites for hydroxylation is 1. The molecule has 0 saturated carbocycles. The summed E-state index contributed by atoms with van der Waals surface area (Å²) in [5, 5.41) is 5.10. The third kappa shape index (κ3) is 3.60. The van der Waals surface area contributed by atoms with Crippen LogP contribution in [0, 0.1) is 6.92 Å². The topological polar surface area (TPSA) is 106 Å². The Hall–Kier alpha value is -1.90. The summed E-state index contributed by atoms with van der Waals surface area (Å²) in [6.45, 7) is 1.58. The van der Waals surface area contributed by atoms with E-state index in [0.29, 0.717) is 5.56 Å². The van der Waals surface area contributed by atoms with Crippen LogP contribution >= 0.6 is 0 Å². The number of anilines is 1. The first-order valence-electron chi connectivity index (χ1n) is 5.91. The first-order valence-corrected chi connectivity index (χ1v) is 8.94. The number of rotatable bonds is 4. The van der Waals surface area contributed by atoms with Gasteiger partial charge in [-0.2, -0.15) is 0 Å². The molecule has 0 spiro atoms. The lowest BCUT2D eigenvalue weighted by Crippen LogP contribution is -2.16. The van der Waals surface area contributed by atoms with Crippen LogP contribution in [0.1, 0.15) is 5.56 Å². The van der Waals surface area contributed by atoms with Gasteiger partial charge in [0.05, 0.1) is 15.5 Å². The van der Waals surface area contributed by atoms with Crippen LogP contribution in [-0.2, 0) is 20.0 Å². The maximum absolute atomic E-state index is 12.2. The molecular formula is C13H14N2O4S2. The number of primary sulfonamides is 1. The number of benzene rings is 2. The minimum atomic E-state index is -3.91. The van der Waals surface area contributed by atoms with E-state index in [1.165, 1.54) is 30.3 Å². The van der Waals surface area contributed by atoms with Gasteiger partial charge in [0.2, 0.25) is 10.0 Å². The van der Waals surface area contributed by atoms with Gasteiger partial charge in [0.15, 0.2) is 0 Å². The quantitative estimate of drug-likeness (QED) is 0.886. The van der Waals surface area contributed by atoms with E-state index in [0.717, 1.165) is 0 Å². The molecule has 2 aromatic rings. The summed E-state index contributed by atoms with van der Waals surface area (Å²) in [6, 6.07) is 11.9. The molecule has 0 aliphatic heterocycles. The number of nitrogens with one attached hydrogen (secondary N) is 1. The van der Waals surface area contributed by atoms with Crippen molar-refractivity contribution >= 4 is 25.7 Å². The smallest absolute Gasteiger partial charge is 0.261 e. The Bertz CT molecular complexity index is 860. The van der Waals surface area contributed by atoms with Gasteiger partial charge in [-0.25, -0.2) is 22.0 Å². The maximum atomic E-state index is 12.2. The van der Waals surface area contributed by atoms with Crippen molar-refractivity contribution in [3.63, 3.8) is 0 Å². The molecule has 112 valence electrons. The van der Waals surface area contributed by atoms with Crippen LogP contribution in [0.5, 0.6) is 0 Å². The first kappa shape index (κ1) is 15.5. The fraction of sp³-hybridized carbons (Fsp3) is 0.0769. The Labute approximate surface area is 123 Å². The molecule has 21 heavy (non-hydrogen) atoms. The summed E-state index contributed by atoms with van der Waals surface area (Å²) in [5.74, 6) is 0. The van der Waals surface area contributed by atoms with E-state index in [-0.39, 0.29) is 15.5 Å². The van der Waals surface area contributed by atoms with Gasteiger partial charge in [-0.3, -0.25) is 4.72 Å². The van der Waals surface area contributed by atoms with Crippen molar-refractivity contribution in [1.29, 1.82) is 0 Å². The molecule has 0 amide bonds. The molecular weight excluding hydrogens is 312 g/mol. The van der Waals surface area contributed by atoms with Crippen molar-refractivity contribution in [3.05, 3.63) is 54.1 Å². The summed E-state index contributed by atoms with van der Waals surface area (Å²) >= 11 is 0. The van der Waals surface area contributed by atoms with Gasteiger partial charge in [-0.05, 0) is 36.8 Å². The summed E-state index contributed by atoms with van der Waals surface area (Å²) < 4.78 is 49.5. The van der Waals surface area contributed by atoms with Gasteiger partial charge in [-0.15, -0.1) is 0 Å². The summed E-state index contributed by atoms with van der Waals surface area (Å²) in [5.41, 5.74) is 0.577. The second-order valence-electron chi connectivity index (χ2n) is 4.44. The van der Waals surface area contributed by atoms with Gasteiger partial charge in [-0.1, -0.05) is 24.3 Å². The summed E-state index contributed by atoms with van der Waals surface area (Å²) in [7, 11) is -7.69. The number of hydrogen-bond donors (Lipinski definition) is 2. The summed E-state index contributed by atoms with van der Waals surface area (Å²) in [4.78, 5) is -0.0292.